The summed E-state index contributed by atoms with van der Waals surface area (Å²) in [7, 11) is 4.27. The van der Waals surface area contributed by atoms with Gasteiger partial charge in [0.05, 0.1) is 6.54 Å². The van der Waals surface area contributed by atoms with Crippen molar-refractivity contribution in [1.29, 1.82) is 0 Å². The number of guanidine groups is 1. The molecule has 5 nitrogen and oxygen atoms in total. The summed E-state index contributed by atoms with van der Waals surface area (Å²) in [5.41, 5.74) is 6.23. The van der Waals surface area contributed by atoms with Gasteiger partial charge in [0.25, 0.3) is 0 Å². The maximum Gasteiger partial charge on any atom is 0.188 e. The molecular weight excluding hydrogens is 264 g/mol. The van der Waals surface area contributed by atoms with Gasteiger partial charge < -0.3 is 20.7 Å². The highest BCUT2D eigenvalue weighted by molar-refractivity contribution is 5.78. The predicted octanol–water partition coefficient (Wildman–Crippen LogP) is 1.72. The van der Waals surface area contributed by atoms with Gasteiger partial charge in [0, 0.05) is 24.8 Å². The van der Waals surface area contributed by atoms with Gasteiger partial charge in [0.2, 0.25) is 0 Å². The lowest BCUT2D eigenvalue weighted by Crippen LogP contribution is -2.51. The van der Waals surface area contributed by atoms with E-state index in [1.807, 2.05) is 0 Å². The number of aliphatic imine (C=N–C) groups is 1. The molecule has 0 radical (unpaired) electrons. The molecule has 1 saturated carbocycles. The Morgan fingerprint density at radius 2 is 1.81 bits per heavy atom. The van der Waals surface area contributed by atoms with Gasteiger partial charge in [-0.3, -0.25) is 4.99 Å². The van der Waals surface area contributed by atoms with Crippen LogP contribution in [0.5, 0.6) is 0 Å². The SMILES string of the molecule is CN(C)C1(CN=C(N)NC2CCCCCC2)CCOCC1. The molecule has 3 N–H and O–H groups in total. The molecule has 0 unspecified atom stereocenters. The molecule has 1 saturated heterocycles. The van der Waals surface area contributed by atoms with Gasteiger partial charge in [0.1, 0.15) is 0 Å². The Kier molecular flexibility index (Phi) is 6.30. The highest BCUT2D eigenvalue weighted by Crippen LogP contribution is 2.26. The fourth-order valence-electron chi connectivity index (χ4n) is 3.41. The smallest absolute Gasteiger partial charge is 0.188 e. The highest BCUT2D eigenvalue weighted by atomic mass is 16.5. The van der Waals surface area contributed by atoms with Gasteiger partial charge in [-0.2, -0.15) is 0 Å². The molecule has 5 heteroatoms. The number of nitrogens with two attached hydrogens (primary N) is 1. The topological polar surface area (TPSA) is 62.9 Å². The first-order valence-corrected chi connectivity index (χ1v) is 8.44. The van der Waals surface area contributed by atoms with Crippen molar-refractivity contribution in [3.63, 3.8) is 0 Å². The van der Waals surface area contributed by atoms with Crippen LogP contribution in [0.4, 0.5) is 0 Å². The van der Waals surface area contributed by atoms with E-state index in [4.69, 9.17) is 10.5 Å². The second-order valence-electron chi connectivity index (χ2n) is 6.77. The molecule has 0 spiro atoms. The molecule has 0 atom stereocenters. The Balaban J connectivity index is 1.88. The fourth-order valence-corrected chi connectivity index (χ4v) is 3.41. The summed E-state index contributed by atoms with van der Waals surface area (Å²) in [6.07, 6.45) is 9.85. The summed E-state index contributed by atoms with van der Waals surface area (Å²) >= 11 is 0. The molecule has 2 rings (SSSR count). The van der Waals surface area contributed by atoms with Gasteiger partial charge in [-0.15, -0.1) is 0 Å². The Labute approximate surface area is 129 Å². The number of ether oxygens (including phenoxy) is 1. The van der Waals surface area contributed by atoms with Crippen molar-refractivity contribution in [3.8, 4) is 0 Å². The average Bonchev–Trinajstić information content (AvgIpc) is 2.74. The van der Waals surface area contributed by atoms with Crippen molar-refractivity contribution in [2.75, 3.05) is 33.9 Å². The summed E-state index contributed by atoms with van der Waals surface area (Å²) in [6.45, 7) is 2.40. The van der Waals surface area contributed by atoms with Crippen molar-refractivity contribution < 1.29 is 4.74 Å². The summed E-state index contributed by atoms with van der Waals surface area (Å²) in [6, 6.07) is 0.515. The Morgan fingerprint density at radius 3 is 2.38 bits per heavy atom. The van der Waals surface area contributed by atoms with E-state index in [2.05, 4.69) is 29.3 Å². The largest absolute Gasteiger partial charge is 0.381 e. The summed E-state index contributed by atoms with van der Waals surface area (Å²) < 4.78 is 5.50. The van der Waals surface area contributed by atoms with Crippen LogP contribution in [0.1, 0.15) is 51.4 Å². The minimum Gasteiger partial charge on any atom is -0.381 e. The quantitative estimate of drug-likeness (QED) is 0.471. The minimum absolute atomic E-state index is 0.105. The van der Waals surface area contributed by atoms with Crippen LogP contribution in [-0.4, -0.2) is 56.3 Å². The Morgan fingerprint density at radius 1 is 1.19 bits per heavy atom. The first-order valence-electron chi connectivity index (χ1n) is 8.44. The fraction of sp³-hybridized carbons (Fsp3) is 0.938. The van der Waals surface area contributed by atoms with E-state index >= 15 is 0 Å². The van der Waals surface area contributed by atoms with Gasteiger partial charge >= 0.3 is 0 Å². The molecule has 0 aromatic carbocycles. The van der Waals surface area contributed by atoms with E-state index < -0.39 is 0 Å². The number of rotatable bonds is 4. The lowest BCUT2D eigenvalue weighted by molar-refractivity contribution is -0.00253. The Bertz CT molecular complexity index is 329. The third-order valence-corrected chi connectivity index (χ3v) is 5.12. The number of likely N-dealkylation sites (N-methyl/N-ethyl adjacent to an activating group) is 1. The molecule has 2 fully saturated rings. The van der Waals surface area contributed by atoms with Crippen molar-refractivity contribution in [3.05, 3.63) is 0 Å². The lowest BCUT2D eigenvalue weighted by atomic mass is 9.89. The molecule has 21 heavy (non-hydrogen) atoms. The van der Waals surface area contributed by atoms with Gasteiger partial charge in [-0.1, -0.05) is 25.7 Å². The van der Waals surface area contributed by atoms with Crippen LogP contribution in [0.25, 0.3) is 0 Å². The van der Waals surface area contributed by atoms with Crippen LogP contribution in [0.15, 0.2) is 4.99 Å². The van der Waals surface area contributed by atoms with Gasteiger partial charge in [-0.25, -0.2) is 0 Å². The van der Waals surface area contributed by atoms with Crippen molar-refractivity contribution in [2.45, 2.75) is 62.9 Å². The number of hydrogen-bond donors (Lipinski definition) is 2. The van der Waals surface area contributed by atoms with E-state index in [1.54, 1.807) is 0 Å². The maximum atomic E-state index is 6.12. The zero-order chi connectivity index (χ0) is 15.1. The lowest BCUT2D eigenvalue weighted by Gasteiger charge is -2.41. The molecule has 0 amide bonds. The maximum absolute atomic E-state index is 6.12. The molecule has 0 bridgehead atoms. The van der Waals surface area contributed by atoms with Crippen LogP contribution in [-0.2, 0) is 4.74 Å². The monoisotopic (exact) mass is 296 g/mol. The molecule has 1 aliphatic carbocycles. The first kappa shape index (κ1) is 16.6. The Hall–Kier alpha value is -0.810. The van der Waals surface area contributed by atoms with Gasteiger partial charge in [-0.05, 0) is 39.8 Å². The number of nitrogens with zero attached hydrogens (tertiary/aromatic N) is 2. The normalized spacial score (nSPS) is 24.8. The summed E-state index contributed by atoms with van der Waals surface area (Å²) in [5, 5.41) is 3.43. The second kappa shape index (κ2) is 7.99. The van der Waals surface area contributed by atoms with Crippen LogP contribution in [0.3, 0.4) is 0 Å². The van der Waals surface area contributed by atoms with Gasteiger partial charge in [0.15, 0.2) is 5.96 Å². The molecule has 0 aromatic rings. The standard InChI is InChI=1S/C16H32N4O/c1-20(2)16(9-11-21-12-10-16)13-18-15(17)19-14-7-5-3-4-6-8-14/h14H,3-13H2,1-2H3,(H3,17,18,19). The number of nitrogens with one attached hydrogen (secondary N) is 1. The van der Waals surface area contributed by atoms with Crippen LogP contribution >= 0.6 is 0 Å². The molecule has 1 aliphatic heterocycles. The van der Waals surface area contributed by atoms with E-state index in [1.165, 1.54) is 38.5 Å². The third kappa shape index (κ3) is 4.85. The number of hydrogen-bond acceptors (Lipinski definition) is 3. The van der Waals surface area contributed by atoms with Crippen molar-refractivity contribution in [1.82, 2.24) is 10.2 Å². The second-order valence-corrected chi connectivity index (χ2v) is 6.77. The summed E-state index contributed by atoms with van der Waals surface area (Å²) in [4.78, 5) is 6.94. The third-order valence-electron chi connectivity index (χ3n) is 5.12. The van der Waals surface area contributed by atoms with E-state index in [9.17, 15) is 0 Å². The minimum atomic E-state index is 0.105. The highest BCUT2D eigenvalue weighted by Gasteiger charge is 2.34. The molecular formula is C16H32N4O. The van der Waals surface area contributed by atoms with Crippen molar-refractivity contribution in [2.24, 2.45) is 10.7 Å². The van der Waals surface area contributed by atoms with Crippen molar-refractivity contribution >= 4 is 5.96 Å². The molecule has 2 aliphatic rings. The zero-order valence-corrected chi connectivity index (χ0v) is 13.7. The summed E-state index contributed by atoms with van der Waals surface area (Å²) in [5.74, 6) is 0.620. The molecule has 122 valence electrons. The first-order chi connectivity index (χ1) is 10.1. The predicted molar refractivity (Wildman–Crippen MR) is 87.6 cm³/mol. The van der Waals surface area contributed by atoms with E-state index in [0.717, 1.165) is 32.6 Å². The molecule has 1 heterocycles. The molecule has 0 aromatic heterocycles. The van der Waals surface area contributed by atoms with E-state index in [0.29, 0.717) is 12.0 Å². The van der Waals surface area contributed by atoms with Crippen LogP contribution in [0, 0.1) is 0 Å². The van der Waals surface area contributed by atoms with E-state index in [-0.39, 0.29) is 5.54 Å². The van der Waals surface area contributed by atoms with Crippen LogP contribution < -0.4 is 11.1 Å². The van der Waals surface area contributed by atoms with Crippen LogP contribution in [0.2, 0.25) is 0 Å². The average molecular weight is 296 g/mol. The zero-order valence-electron chi connectivity index (χ0n) is 13.7.